The van der Waals surface area contributed by atoms with Crippen molar-refractivity contribution in [3.05, 3.63) is 0 Å². The van der Waals surface area contributed by atoms with E-state index in [4.69, 9.17) is 4.74 Å². The summed E-state index contributed by atoms with van der Waals surface area (Å²) in [4.78, 5) is 2.54. The molecule has 3 unspecified atom stereocenters. The first-order valence-electron chi connectivity index (χ1n) is 7.51. The molecule has 0 radical (unpaired) electrons. The molecule has 1 heterocycles. The fourth-order valence-electron chi connectivity index (χ4n) is 3.59. The molecular weight excluding hydrogens is 224 g/mol. The van der Waals surface area contributed by atoms with Gasteiger partial charge in [-0.1, -0.05) is 13.8 Å². The minimum absolute atomic E-state index is 0.470. The van der Waals surface area contributed by atoms with E-state index in [1.165, 1.54) is 32.1 Å². The summed E-state index contributed by atoms with van der Waals surface area (Å²) >= 11 is 0. The molecule has 0 aromatic rings. The van der Waals surface area contributed by atoms with Crippen molar-refractivity contribution in [2.24, 2.45) is 5.41 Å². The highest BCUT2D eigenvalue weighted by Gasteiger charge is 2.36. The number of nitrogens with one attached hydrogen (secondary N) is 1. The summed E-state index contributed by atoms with van der Waals surface area (Å²) in [7, 11) is 4.38. The van der Waals surface area contributed by atoms with Crippen molar-refractivity contribution in [1.82, 2.24) is 10.2 Å². The zero-order valence-corrected chi connectivity index (χ0v) is 12.5. The average Bonchev–Trinajstić information content (AvgIpc) is 2.80. The second-order valence-electron chi connectivity index (χ2n) is 6.94. The summed E-state index contributed by atoms with van der Waals surface area (Å²) in [6.07, 6.45) is 6.88. The molecule has 1 aliphatic heterocycles. The highest BCUT2D eigenvalue weighted by Crippen LogP contribution is 2.37. The molecule has 0 amide bonds. The quantitative estimate of drug-likeness (QED) is 0.833. The third kappa shape index (κ3) is 3.46. The first-order chi connectivity index (χ1) is 8.52. The van der Waals surface area contributed by atoms with Crippen LogP contribution in [0.1, 0.15) is 46.0 Å². The van der Waals surface area contributed by atoms with Crippen LogP contribution in [-0.2, 0) is 4.74 Å². The Labute approximate surface area is 112 Å². The third-order valence-corrected chi connectivity index (χ3v) is 4.81. The lowest BCUT2D eigenvalue weighted by molar-refractivity contribution is 0.0328. The Kier molecular flexibility index (Phi) is 4.68. The van der Waals surface area contributed by atoms with Crippen LogP contribution in [0.15, 0.2) is 0 Å². The summed E-state index contributed by atoms with van der Waals surface area (Å²) in [5, 5.41) is 3.52. The van der Waals surface area contributed by atoms with Gasteiger partial charge in [-0.15, -0.1) is 0 Å². The topological polar surface area (TPSA) is 24.5 Å². The van der Waals surface area contributed by atoms with Gasteiger partial charge in [0.2, 0.25) is 0 Å². The SMILES string of the molecule is CNC1CCC(C)(C)CC1N(C)CC1CCCO1. The van der Waals surface area contributed by atoms with Crippen LogP contribution in [0.4, 0.5) is 0 Å². The molecule has 2 rings (SSSR count). The molecule has 0 aromatic heterocycles. The van der Waals surface area contributed by atoms with Crippen LogP contribution in [-0.4, -0.2) is 50.3 Å². The van der Waals surface area contributed by atoms with Crippen LogP contribution in [0.5, 0.6) is 0 Å². The zero-order valence-electron chi connectivity index (χ0n) is 12.5. The van der Waals surface area contributed by atoms with E-state index in [1.54, 1.807) is 0 Å². The molecule has 1 saturated heterocycles. The normalized spacial score (nSPS) is 36.2. The van der Waals surface area contributed by atoms with Gasteiger partial charge in [-0.05, 0) is 51.6 Å². The standard InChI is InChI=1S/C15H30N2O/c1-15(2)8-7-13(16-3)14(10-15)17(4)11-12-6-5-9-18-12/h12-14,16H,5-11H2,1-4H3. The maximum absolute atomic E-state index is 5.77. The molecule has 3 atom stereocenters. The average molecular weight is 254 g/mol. The fourth-order valence-corrected chi connectivity index (χ4v) is 3.59. The van der Waals surface area contributed by atoms with Gasteiger partial charge in [0.15, 0.2) is 0 Å². The van der Waals surface area contributed by atoms with Crippen molar-refractivity contribution < 1.29 is 4.74 Å². The van der Waals surface area contributed by atoms with E-state index in [1.807, 2.05) is 0 Å². The molecule has 1 saturated carbocycles. The maximum Gasteiger partial charge on any atom is 0.0702 e. The fraction of sp³-hybridized carbons (Fsp3) is 1.00. The van der Waals surface area contributed by atoms with Crippen molar-refractivity contribution in [2.45, 2.75) is 64.1 Å². The third-order valence-electron chi connectivity index (χ3n) is 4.81. The minimum atomic E-state index is 0.470. The van der Waals surface area contributed by atoms with Crippen molar-refractivity contribution in [1.29, 1.82) is 0 Å². The summed E-state index contributed by atoms with van der Waals surface area (Å²) < 4.78 is 5.77. The number of likely N-dealkylation sites (N-methyl/N-ethyl adjacent to an activating group) is 2. The molecular formula is C15H30N2O. The van der Waals surface area contributed by atoms with Gasteiger partial charge in [-0.2, -0.15) is 0 Å². The molecule has 3 heteroatoms. The van der Waals surface area contributed by atoms with Gasteiger partial charge < -0.3 is 10.1 Å². The Morgan fingerprint density at radius 1 is 1.33 bits per heavy atom. The van der Waals surface area contributed by atoms with Gasteiger partial charge in [-0.25, -0.2) is 0 Å². The lowest BCUT2D eigenvalue weighted by atomic mass is 9.72. The van der Waals surface area contributed by atoms with Gasteiger partial charge in [0.05, 0.1) is 6.10 Å². The molecule has 1 aliphatic carbocycles. The number of ether oxygens (including phenoxy) is 1. The molecule has 0 aromatic carbocycles. The Bertz CT molecular complexity index is 261. The molecule has 2 aliphatic rings. The summed E-state index contributed by atoms with van der Waals surface area (Å²) in [6.45, 7) is 6.88. The molecule has 3 nitrogen and oxygen atoms in total. The molecule has 1 N–H and O–H groups in total. The molecule has 0 spiro atoms. The predicted molar refractivity (Wildman–Crippen MR) is 75.9 cm³/mol. The van der Waals surface area contributed by atoms with E-state index in [9.17, 15) is 0 Å². The first-order valence-corrected chi connectivity index (χ1v) is 7.51. The van der Waals surface area contributed by atoms with Gasteiger partial charge in [0.1, 0.15) is 0 Å². The highest BCUT2D eigenvalue weighted by atomic mass is 16.5. The first kappa shape index (κ1) is 14.3. The summed E-state index contributed by atoms with van der Waals surface area (Å²) in [5.74, 6) is 0. The molecule has 0 bridgehead atoms. The molecule has 2 fully saturated rings. The van der Waals surface area contributed by atoms with E-state index < -0.39 is 0 Å². The van der Waals surface area contributed by atoms with Gasteiger partial charge in [0, 0.05) is 25.2 Å². The van der Waals surface area contributed by atoms with Crippen molar-refractivity contribution >= 4 is 0 Å². The van der Waals surface area contributed by atoms with Crippen LogP contribution in [0, 0.1) is 5.41 Å². The van der Waals surface area contributed by atoms with Crippen molar-refractivity contribution in [2.75, 3.05) is 27.2 Å². The molecule has 18 heavy (non-hydrogen) atoms. The summed E-state index contributed by atoms with van der Waals surface area (Å²) in [6, 6.07) is 1.30. The van der Waals surface area contributed by atoms with Crippen LogP contribution in [0.25, 0.3) is 0 Å². The Morgan fingerprint density at radius 3 is 2.72 bits per heavy atom. The minimum Gasteiger partial charge on any atom is -0.377 e. The van der Waals surface area contributed by atoms with Crippen molar-refractivity contribution in [3.8, 4) is 0 Å². The monoisotopic (exact) mass is 254 g/mol. The van der Waals surface area contributed by atoms with Crippen LogP contribution < -0.4 is 5.32 Å². The van der Waals surface area contributed by atoms with E-state index in [-0.39, 0.29) is 0 Å². The van der Waals surface area contributed by atoms with E-state index in [2.05, 4.69) is 38.2 Å². The Balaban J connectivity index is 1.93. The number of rotatable bonds is 4. The van der Waals surface area contributed by atoms with Gasteiger partial charge in [0.25, 0.3) is 0 Å². The van der Waals surface area contributed by atoms with Crippen molar-refractivity contribution in [3.63, 3.8) is 0 Å². The lowest BCUT2D eigenvalue weighted by Crippen LogP contribution is -2.54. The van der Waals surface area contributed by atoms with E-state index >= 15 is 0 Å². The van der Waals surface area contributed by atoms with Crippen LogP contribution >= 0.6 is 0 Å². The van der Waals surface area contributed by atoms with E-state index in [0.717, 1.165) is 13.2 Å². The Hall–Kier alpha value is -0.120. The second kappa shape index (κ2) is 5.89. The maximum atomic E-state index is 5.77. The van der Waals surface area contributed by atoms with Crippen LogP contribution in [0.2, 0.25) is 0 Å². The van der Waals surface area contributed by atoms with Crippen LogP contribution in [0.3, 0.4) is 0 Å². The lowest BCUT2D eigenvalue weighted by Gasteiger charge is -2.45. The number of hydrogen-bond donors (Lipinski definition) is 1. The van der Waals surface area contributed by atoms with Gasteiger partial charge in [-0.3, -0.25) is 4.90 Å². The Morgan fingerprint density at radius 2 is 2.11 bits per heavy atom. The highest BCUT2D eigenvalue weighted by molar-refractivity contribution is 4.93. The number of nitrogens with zero attached hydrogens (tertiary/aromatic N) is 1. The zero-order chi connectivity index (χ0) is 13.2. The smallest absolute Gasteiger partial charge is 0.0702 e. The number of hydrogen-bond acceptors (Lipinski definition) is 3. The van der Waals surface area contributed by atoms with E-state index in [0.29, 0.717) is 23.6 Å². The largest absolute Gasteiger partial charge is 0.377 e. The second-order valence-corrected chi connectivity index (χ2v) is 6.94. The summed E-state index contributed by atoms with van der Waals surface area (Å²) in [5.41, 5.74) is 0.489. The predicted octanol–water partition coefficient (Wildman–Crippen LogP) is 2.26. The van der Waals surface area contributed by atoms with Gasteiger partial charge >= 0.3 is 0 Å². The molecule has 106 valence electrons.